The summed E-state index contributed by atoms with van der Waals surface area (Å²) in [5, 5.41) is 124. The third-order valence-corrected chi connectivity index (χ3v) is 10.8. The number of nitrogens with zero attached hydrogens (tertiary/aromatic N) is 4. The van der Waals surface area contributed by atoms with Crippen LogP contribution in [-0.4, -0.2) is 152 Å². The molecule has 1 saturated heterocycles. The second-order valence-corrected chi connectivity index (χ2v) is 13.9. The number of piperazine rings is 1. The zero-order valence-corrected chi connectivity index (χ0v) is 31.4. The van der Waals surface area contributed by atoms with E-state index < -0.39 is 113 Å². The van der Waals surface area contributed by atoms with Crippen molar-refractivity contribution in [2.45, 2.75) is 90.1 Å². The van der Waals surface area contributed by atoms with Gasteiger partial charge in [0, 0.05) is 44.7 Å². The first-order valence-electron chi connectivity index (χ1n) is 17.0. The van der Waals surface area contributed by atoms with Crippen molar-refractivity contribution in [2.24, 2.45) is 0 Å². The summed E-state index contributed by atoms with van der Waals surface area (Å²) >= 11 is 0. The minimum absolute atomic E-state index is 0.000412. The van der Waals surface area contributed by atoms with E-state index >= 15 is 0 Å². The van der Waals surface area contributed by atoms with Crippen LogP contribution in [0.3, 0.4) is 0 Å². The van der Waals surface area contributed by atoms with Gasteiger partial charge in [-0.25, -0.2) is 0 Å². The first-order valence-corrected chi connectivity index (χ1v) is 17.0. The lowest BCUT2D eigenvalue weighted by Gasteiger charge is -2.53. The molecule has 0 spiro atoms. The van der Waals surface area contributed by atoms with Crippen LogP contribution >= 0.6 is 0 Å². The second-order valence-electron chi connectivity index (χ2n) is 13.9. The van der Waals surface area contributed by atoms with Crippen molar-refractivity contribution >= 4 is 5.91 Å². The molecule has 22 heteroatoms. The molecule has 1 fully saturated rings. The number of phenolic OH excluding ortho intramolecular Hbond substituents is 4. The monoisotopic (exact) mass is 818 g/mol. The van der Waals surface area contributed by atoms with Crippen LogP contribution in [0.5, 0.6) is 23.0 Å². The van der Waals surface area contributed by atoms with Crippen molar-refractivity contribution in [2.75, 3.05) is 46.4 Å². The van der Waals surface area contributed by atoms with Crippen LogP contribution in [0.4, 0.5) is 26.3 Å². The number of aliphatic hydroxyl groups is 7. The van der Waals surface area contributed by atoms with Crippen LogP contribution in [0.1, 0.15) is 70.4 Å². The highest BCUT2D eigenvalue weighted by Gasteiger charge is 2.62. The predicted molar refractivity (Wildman–Crippen MR) is 181 cm³/mol. The van der Waals surface area contributed by atoms with E-state index in [9.17, 15) is 87.3 Å². The zero-order valence-electron chi connectivity index (χ0n) is 31.4. The summed E-state index contributed by atoms with van der Waals surface area (Å²) in [6.45, 7) is 3.31. The van der Waals surface area contributed by atoms with E-state index in [4.69, 9.17) is 0 Å². The molecule has 56 heavy (non-hydrogen) atoms. The largest absolute Gasteiger partial charge is 0.507 e. The van der Waals surface area contributed by atoms with Gasteiger partial charge >= 0.3 is 12.4 Å². The highest BCUT2D eigenvalue weighted by molar-refractivity contribution is 5.73. The molecular weight excluding hydrogens is 770 g/mol. The number of hydrogen-bond donors (Lipinski definition) is 11. The normalized spacial score (nSPS) is 17.4. The van der Waals surface area contributed by atoms with Crippen LogP contribution in [0, 0.1) is 27.7 Å². The number of hydrogen-bond acceptors (Lipinski definition) is 15. The van der Waals surface area contributed by atoms with Crippen molar-refractivity contribution in [3.63, 3.8) is 0 Å². The van der Waals surface area contributed by atoms with Gasteiger partial charge in [0.15, 0.2) is 17.9 Å². The molecule has 3 rings (SSSR count). The van der Waals surface area contributed by atoms with Gasteiger partial charge in [-0.2, -0.15) is 31.2 Å². The van der Waals surface area contributed by atoms with Crippen molar-refractivity contribution in [3.8, 4) is 23.0 Å². The molecule has 1 amide bonds. The van der Waals surface area contributed by atoms with Crippen molar-refractivity contribution in [1.82, 2.24) is 19.6 Å². The third-order valence-electron chi connectivity index (χ3n) is 10.8. The molecule has 0 aliphatic carbocycles. The summed E-state index contributed by atoms with van der Waals surface area (Å²) < 4.78 is 84.9. The minimum atomic E-state index is -5.64. The maximum atomic E-state index is 14.1. The van der Waals surface area contributed by atoms with Gasteiger partial charge in [0.25, 0.3) is 11.7 Å². The Labute approximate surface area is 316 Å². The summed E-state index contributed by atoms with van der Waals surface area (Å²) in [7, 11) is 0.734. The number of benzene rings is 2. The van der Waals surface area contributed by atoms with E-state index in [1.807, 2.05) is 0 Å². The average molecular weight is 819 g/mol. The van der Waals surface area contributed by atoms with E-state index in [-0.39, 0.29) is 53.7 Å². The number of alkyl halides is 6. The SMILES string of the molecule is CC(=O)N1CCN(C(CO)C(O)(O)C(O)(O)N(C(CO)c2c(C)c(C)c(C)c(O)c2O)C(O)N(C)C(C)c2c(O)c(C(F)(F)F)c(C)c(C(F)(F)F)c2O)CC1. The lowest BCUT2D eigenvalue weighted by molar-refractivity contribution is -0.456. The van der Waals surface area contributed by atoms with Gasteiger partial charge in [-0.05, 0) is 63.9 Å². The molecule has 318 valence electrons. The standard InChI is InChI=1S/C34H48F6N4O12/c1-14-15(2)22(29(51)26(48)16(14)3)20(12-45)44(34(55,56)31(53,54)21(13-46)43-10-8-42(9-11-43)19(6)47)30(52)41(7)18(5)23-27(49)24(32(35,36)37)17(4)25(28(23)50)33(38,39)40/h18,20-21,30,45-46,48-56H,8-13H2,1-7H3. The fraction of sp³-hybridized carbons (Fsp3) is 0.618. The molecule has 4 unspecified atom stereocenters. The van der Waals surface area contributed by atoms with Gasteiger partial charge in [0.1, 0.15) is 22.6 Å². The molecule has 2 aromatic rings. The van der Waals surface area contributed by atoms with Crippen molar-refractivity contribution < 1.29 is 87.3 Å². The Morgan fingerprint density at radius 2 is 1.18 bits per heavy atom. The molecule has 1 aliphatic rings. The molecular formula is C34H48F6N4O12. The average Bonchev–Trinajstić information content (AvgIpc) is 3.07. The minimum Gasteiger partial charge on any atom is -0.507 e. The number of halogens is 6. The molecule has 1 heterocycles. The first-order chi connectivity index (χ1) is 25.4. The van der Waals surface area contributed by atoms with Crippen LogP contribution in [0.2, 0.25) is 0 Å². The summed E-state index contributed by atoms with van der Waals surface area (Å²) in [6.07, 6.45) is -14.2. The summed E-state index contributed by atoms with van der Waals surface area (Å²) in [4.78, 5) is 14.6. The smallest absolute Gasteiger partial charge is 0.420 e. The van der Waals surface area contributed by atoms with Gasteiger partial charge < -0.3 is 61.1 Å². The van der Waals surface area contributed by atoms with Gasteiger partial charge in [-0.1, -0.05) is 0 Å². The Morgan fingerprint density at radius 1 is 0.714 bits per heavy atom. The van der Waals surface area contributed by atoms with E-state index in [2.05, 4.69) is 0 Å². The molecule has 0 saturated carbocycles. The maximum Gasteiger partial charge on any atom is 0.420 e. The second kappa shape index (κ2) is 16.3. The molecule has 4 atom stereocenters. The first kappa shape index (κ1) is 46.7. The highest BCUT2D eigenvalue weighted by Crippen LogP contribution is 2.53. The fourth-order valence-corrected chi connectivity index (χ4v) is 7.22. The highest BCUT2D eigenvalue weighted by atomic mass is 19.4. The Hall–Kier alpha value is -3.71. The third kappa shape index (κ3) is 8.04. The van der Waals surface area contributed by atoms with Crippen LogP contribution in [-0.2, 0) is 17.1 Å². The Kier molecular flexibility index (Phi) is 13.6. The zero-order chi connectivity index (χ0) is 43.4. The number of rotatable bonds is 12. The lowest BCUT2D eigenvalue weighted by atomic mass is 9.89. The fourth-order valence-electron chi connectivity index (χ4n) is 7.22. The summed E-state index contributed by atoms with van der Waals surface area (Å²) in [6, 6.07) is -6.57. The van der Waals surface area contributed by atoms with Gasteiger partial charge in [0.2, 0.25) is 5.91 Å². The van der Waals surface area contributed by atoms with Gasteiger partial charge in [-0.15, -0.1) is 0 Å². The van der Waals surface area contributed by atoms with Crippen molar-refractivity contribution in [3.05, 3.63) is 44.5 Å². The molecule has 0 bridgehead atoms. The van der Waals surface area contributed by atoms with E-state index in [0.717, 1.165) is 18.9 Å². The molecule has 11 N–H and O–H groups in total. The van der Waals surface area contributed by atoms with Crippen LogP contribution < -0.4 is 0 Å². The number of aromatic hydroxyl groups is 4. The number of phenols is 4. The molecule has 0 radical (unpaired) electrons. The quantitative estimate of drug-likeness (QED) is 0.0810. The molecule has 16 nitrogen and oxygen atoms in total. The molecule has 2 aromatic carbocycles. The van der Waals surface area contributed by atoms with E-state index in [0.29, 0.717) is 11.8 Å². The Balaban J connectivity index is 2.37. The van der Waals surface area contributed by atoms with Crippen LogP contribution in [0.25, 0.3) is 0 Å². The lowest BCUT2D eigenvalue weighted by Crippen LogP contribution is -2.76. The van der Waals surface area contributed by atoms with E-state index in [1.165, 1.54) is 32.6 Å². The Morgan fingerprint density at radius 3 is 1.57 bits per heavy atom. The number of aliphatic hydroxyl groups excluding tert-OH is 3. The molecule has 0 aromatic heterocycles. The number of carbonyl (C=O) groups is 1. The topological polar surface area (TPSA) is 253 Å². The predicted octanol–water partition coefficient (Wildman–Crippen LogP) is 0.929. The van der Waals surface area contributed by atoms with Crippen molar-refractivity contribution in [1.29, 1.82) is 0 Å². The number of amides is 1. The number of carbonyl (C=O) groups excluding carboxylic acids is 1. The summed E-state index contributed by atoms with van der Waals surface area (Å²) in [5.74, 6) is -14.4. The van der Waals surface area contributed by atoms with Gasteiger partial charge in [-0.3, -0.25) is 14.6 Å². The van der Waals surface area contributed by atoms with Crippen LogP contribution in [0.15, 0.2) is 0 Å². The summed E-state index contributed by atoms with van der Waals surface area (Å²) in [5.41, 5.74) is -7.77. The molecule has 1 aliphatic heterocycles. The van der Waals surface area contributed by atoms with Gasteiger partial charge in [0.05, 0.1) is 30.9 Å². The van der Waals surface area contributed by atoms with E-state index in [1.54, 1.807) is 0 Å². The maximum absolute atomic E-state index is 14.1. The Bertz CT molecular complexity index is 1710.